The maximum Gasteiger partial charge on any atom is 0.225 e. The van der Waals surface area contributed by atoms with Crippen LogP contribution < -0.4 is 10.6 Å². The SMILES string of the molecule is O=C(C[C@H](c1ccccc1)c1ccncc1)Nc1cccc(F)c1CC[C@@H]1CNCCO1. The highest BCUT2D eigenvalue weighted by Crippen LogP contribution is 2.29. The van der Waals surface area contributed by atoms with Crippen molar-refractivity contribution in [1.29, 1.82) is 0 Å². The third kappa shape index (κ3) is 5.78. The molecule has 1 fully saturated rings. The molecule has 3 aromatic rings. The monoisotopic (exact) mass is 433 g/mol. The highest BCUT2D eigenvalue weighted by molar-refractivity contribution is 5.92. The molecular formula is C26H28FN3O2. The number of pyridine rings is 1. The molecular weight excluding hydrogens is 405 g/mol. The molecule has 5 nitrogen and oxygen atoms in total. The average molecular weight is 434 g/mol. The van der Waals surface area contributed by atoms with E-state index in [1.807, 2.05) is 42.5 Å². The number of aromatic nitrogens is 1. The molecule has 166 valence electrons. The van der Waals surface area contributed by atoms with Gasteiger partial charge >= 0.3 is 0 Å². The lowest BCUT2D eigenvalue weighted by atomic mass is 9.89. The summed E-state index contributed by atoms with van der Waals surface area (Å²) in [5, 5.41) is 6.25. The maximum absolute atomic E-state index is 14.6. The Morgan fingerprint density at radius 1 is 1.09 bits per heavy atom. The number of ether oxygens (including phenoxy) is 1. The quantitative estimate of drug-likeness (QED) is 0.556. The zero-order valence-electron chi connectivity index (χ0n) is 18.0. The minimum absolute atomic E-state index is 0.0565. The van der Waals surface area contributed by atoms with Gasteiger partial charge in [-0.2, -0.15) is 0 Å². The van der Waals surface area contributed by atoms with E-state index in [2.05, 4.69) is 15.6 Å². The molecule has 4 rings (SSSR count). The zero-order chi connectivity index (χ0) is 22.2. The van der Waals surface area contributed by atoms with Crippen molar-refractivity contribution >= 4 is 11.6 Å². The molecule has 6 heteroatoms. The Balaban J connectivity index is 1.48. The van der Waals surface area contributed by atoms with Crippen molar-refractivity contribution in [3.05, 3.63) is 95.6 Å². The van der Waals surface area contributed by atoms with Crippen molar-refractivity contribution < 1.29 is 13.9 Å². The van der Waals surface area contributed by atoms with Crippen molar-refractivity contribution in [3.63, 3.8) is 0 Å². The lowest BCUT2D eigenvalue weighted by Crippen LogP contribution is -2.38. The summed E-state index contributed by atoms with van der Waals surface area (Å²) in [5.74, 6) is -0.573. The molecule has 2 heterocycles. The molecule has 0 bridgehead atoms. The summed E-state index contributed by atoms with van der Waals surface area (Å²) in [6.07, 6.45) is 4.97. The van der Waals surface area contributed by atoms with Gasteiger partial charge in [0.2, 0.25) is 5.91 Å². The van der Waals surface area contributed by atoms with E-state index >= 15 is 0 Å². The molecule has 0 saturated carbocycles. The molecule has 1 saturated heterocycles. The van der Waals surface area contributed by atoms with Crippen LogP contribution in [0.15, 0.2) is 73.1 Å². The molecule has 0 unspecified atom stereocenters. The van der Waals surface area contributed by atoms with Crippen molar-refractivity contribution in [2.75, 3.05) is 25.0 Å². The Morgan fingerprint density at radius 2 is 1.88 bits per heavy atom. The fourth-order valence-corrected chi connectivity index (χ4v) is 4.14. The van der Waals surface area contributed by atoms with Gasteiger partial charge in [-0.1, -0.05) is 36.4 Å². The van der Waals surface area contributed by atoms with Gasteiger partial charge in [-0.05, 0) is 48.2 Å². The van der Waals surface area contributed by atoms with Crippen molar-refractivity contribution in [2.45, 2.75) is 31.3 Å². The maximum atomic E-state index is 14.6. The summed E-state index contributed by atoms with van der Waals surface area (Å²) in [4.78, 5) is 17.1. The third-order valence-corrected chi connectivity index (χ3v) is 5.81. The average Bonchev–Trinajstić information content (AvgIpc) is 2.84. The Morgan fingerprint density at radius 3 is 2.62 bits per heavy atom. The standard InChI is InChI=1S/C26H28FN3O2/c27-24-7-4-8-25(22(24)10-9-21-18-29-15-16-32-21)30-26(31)17-23(19-5-2-1-3-6-19)20-11-13-28-14-12-20/h1-8,11-14,21,23,29H,9-10,15-18H2,(H,30,31)/t21-,23-/m1/s1. The number of amides is 1. The smallest absolute Gasteiger partial charge is 0.225 e. The summed E-state index contributed by atoms with van der Waals surface area (Å²) >= 11 is 0. The van der Waals surface area contributed by atoms with Crippen LogP contribution in [0.1, 0.15) is 35.4 Å². The number of carbonyl (C=O) groups is 1. The number of carbonyl (C=O) groups excluding carboxylic acids is 1. The number of halogens is 1. The molecule has 1 aromatic heterocycles. The van der Waals surface area contributed by atoms with Gasteiger partial charge < -0.3 is 15.4 Å². The number of hydrogen-bond donors (Lipinski definition) is 2. The van der Waals surface area contributed by atoms with Gasteiger partial charge in [0, 0.05) is 49.1 Å². The predicted octanol–water partition coefficient (Wildman–Crippen LogP) is 4.30. The van der Waals surface area contributed by atoms with Crippen LogP contribution >= 0.6 is 0 Å². The van der Waals surface area contributed by atoms with E-state index in [1.165, 1.54) is 6.07 Å². The normalized spacial score (nSPS) is 17.0. The number of morpholine rings is 1. The van der Waals surface area contributed by atoms with E-state index in [0.717, 1.165) is 24.2 Å². The van der Waals surface area contributed by atoms with E-state index in [-0.39, 0.29) is 30.2 Å². The van der Waals surface area contributed by atoms with Crippen molar-refractivity contribution in [3.8, 4) is 0 Å². The molecule has 1 aliphatic rings. The number of nitrogens with zero attached hydrogens (tertiary/aromatic N) is 1. The fraction of sp³-hybridized carbons (Fsp3) is 0.308. The van der Waals surface area contributed by atoms with Gasteiger partial charge in [0.05, 0.1) is 12.7 Å². The van der Waals surface area contributed by atoms with Crippen LogP contribution in [-0.4, -0.2) is 36.7 Å². The second-order valence-electron chi connectivity index (χ2n) is 8.00. The highest BCUT2D eigenvalue weighted by Gasteiger charge is 2.20. The van der Waals surface area contributed by atoms with Crippen LogP contribution in [-0.2, 0) is 16.0 Å². The lowest BCUT2D eigenvalue weighted by molar-refractivity contribution is -0.116. The number of benzene rings is 2. The largest absolute Gasteiger partial charge is 0.376 e. The van der Waals surface area contributed by atoms with Crippen molar-refractivity contribution in [2.24, 2.45) is 0 Å². The van der Waals surface area contributed by atoms with Crippen LogP contribution in [0.4, 0.5) is 10.1 Å². The van der Waals surface area contributed by atoms with Crippen LogP contribution in [0.3, 0.4) is 0 Å². The first-order valence-electron chi connectivity index (χ1n) is 11.0. The number of nitrogens with one attached hydrogen (secondary N) is 2. The highest BCUT2D eigenvalue weighted by atomic mass is 19.1. The van der Waals surface area contributed by atoms with Gasteiger partial charge in [0.1, 0.15) is 5.82 Å². The second kappa shape index (κ2) is 11.0. The summed E-state index contributed by atoms with van der Waals surface area (Å²) < 4.78 is 20.4. The first kappa shape index (κ1) is 22.1. The third-order valence-electron chi connectivity index (χ3n) is 5.81. The number of anilines is 1. The van der Waals surface area contributed by atoms with E-state index in [0.29, 0.717) is 30.7 Å². The van der Waals surface area contributed by atoms with Crippen LogP contribution in [0, 0.1) is 5.82 Å². The molecule has 1 aliphatic heterocycles. The molecule has 0 radical (unpaired) electrons. The molecule has 2 N–H and O–H groups in total. The number of hydrogen-bond acceptors (Lipinski definition) is 4. The Hall–Kier alpha value is -3.09. The van der Waals surface area contributed by atoms with Gasteiger partial charge in [0.25, 0.3) is 0 Å². The lowest BCUT2D eigenvalue weighted by Gasteiger charge is -2.24. The summed E-state index contributed by atoms with van der Waals surface area (Å²) in [7, 11) is 0. The Labute approximate surface area is 188 Å². The van der Waals surface area contributed by atoms with Gasteiger partial charge in [-0.15, -0.1) is 0 Å². The van der Waals surface area contributed by atoms with E-state index < -0.39 is 0 Å². The van der Waals surface area contributed by atoms with Crippen LogP contribution in [0.5, 0.6) is 0 Å². The molecule has 2 aromatic carbocycles. The summed E-state index contributed by atoms with van der Waals surface area (Å²) in [5.41, 5.74) is 3.12. The minimum atomic E-state index is -0.305. The first-order chi connectivity index (χ1) is 15.7. The molecule has 0 aliphatic carbocycles. The van der Waals surface area contributed by atoms with Gasteiger partial charge in [0.15, 0.2) is 0 Å². The van der Waals surface area contributed by atoms with Crippen molar-refractivity contribution in [1.82, 2.24) is 10.3 Å². The molecule has 2 atom stereocenters. The van der Waals surface area contributed by atoms with Gasteiger partial charge in [-0.3, -0.25) is 9.78 Å². The van der Waals surface area contributed by atoms with Crippen LogP contribution in [0.25, 0.3) is 0 Å². The van der Waals surface area contributed by atoms with E-state index in [1.54, 1.807) is 24.5 Å². The Bertz CT molecular complexity index is 969. The zero-order valence-corrected chi connectivity index (χ0v) is 18.0. The molecule has 0 spiro atoms. The predicted molar refractivity (Wildman–Crippen MR) is 123 cm³/mol. The molecule has 32 heavy (non-hydrogen) atoms. The van der Waals surface area contributed by atoms with E-state index in [4.69, 9.17) is 4.74 Å². The summed E-state index contributed by atoms with van der Waals surface area (Å²) in [6, 6.07) is 18.6. The first-order valence-corrected chi connectivity index (χ1v) is 11.0. The summed E-state index contributed by atoms with van der Waals surface area (Å²) in [6.45, 7) is 2.28. The minimum Gasteiger partial charge on any atom is -0.376 e. The molecule has 1 amide bonds. The Kier molecular flexibility index (Phi) is 7.59. The van der Waals surface area contributed by atoms with Gasteiger partial charge in [-0.25, -0.2) is 4.39 Å². The van der Waals surface area contributed by atoms with Crippen LogP contribution in [0.2, 0.25) is 0 Å². The topological polar surface area (TPSA) is 63.2 Å². The van der Waals surface area contributed by atoms with E-state index in [9.17, 15) is 9.18 Å². The fourth-order valence-electron chi connectivity index (χ4n) is 4.14. The number of rotatable bonds is 8. The second-order valence-corrected chi connectivity index (χ2v) is 8.00.